The number of allylic oxidation sites excluding steroid dienone is 1. The Morgan fingerprint density at radius 2 is 1.44 bits per heavy atom. The van der Waals surface area contributed by atoms with Crippen LogP contribution in [0.25, 0.3) is 0 Å². The third-order valence-corrected chi connectivity index (χ3v) is 5.54. The van der Waals surface area contributed by atoms with Crippen LogP contribution in [0, 0.1) is 31.1 Å². The molecule has 32 heavy (non-hydrogen) atoms. The topological polar surface area (TPSA) is 15.3 Å². The van der Waals surface area contributed by atoms with Gasteiger partial charge in [0.1, 0.15) is 0 Å². The molecule has 1 aromatic carbocycles. The van der Waals surface area contributed by atoms with Gasteiger partial charge in [0.2, 0.25) is 0 Å². The van der Waals surface area contributed by atoms with Crippen LogP contribution in [-0.2, 0) is 0 Å². The molecule has 0 radical (unpaired) electrons. The maximum absolute atomic E-state index is 4.09. The zero-order valence-corrected chi connectivity index (χ0v) is 23.7. The van der Waals surface area contributed by atoms with Gasteiger partial charge in [0.15, 0.2) is 0 Å². The van der Waals surface area contributed by atoms with E-state index in [1.54, 1.807) is 0 Å². The number of hydrogen-bond donors (Lipinski definition) is 1. The van der Waals surface area contributed by atoms with Crippen molar-refractivity contribution < 1.29 is 0 Å². The highest BCUT2D eigenvalue weighted by Crippen LogP contribution is 2.36. The monoisotopic (exact) mass is 446 g/mol. The standard InChI is InChI=1S/C22H38N2.3C2H6.C2H2/c1-7-22(8-2,9-3)17-20(6)15-16-24(10-4)18-23-21-13-11-19(5)12-14-21;4*1-2/h7,11-14,20,23H,1,8-10,15-18H2,2-6H3;3*1-2H3;1-2H. The quantitative estimate of drug-likeness (QED) is 0.195. The number of hydrogen-bond acceptors (Lipinski definition) is 2. The van der Waals surface area contributed by atoms with E-state index >= 15 is 0 Å². The lowest BCUT2D eigenvalue weighted by Gasteiger charge is -2.32. The van der Waals surface area contributed by atoms with Crippen molar-refractivity contribution in [2.45, 2.75) is 102 Å². The first-order valence-electron chi connectivity index (χ1n) is 13.0. The fourth-order valence-electron chi connectivity index (χ4n) is 3.33. The molecule has 0 spiro atoms. The van der Waals surface area contributed by atoms with Crippen molar-refractivity contribution in [1.29, 1.82) is 0 Å². The Morgan fingerprint density at radius 3 is 1.81 bits per heavy atom. The van der Waals surface area contributed by atoms with Crippen molar-refractivity contribution in [3.8, 4) is 12.8 Å². The summed E-state index contributed by atoms with van der Waals surface area (Å²) in [5, 5.41) is 3.54. The van der Waals surface area contributed by atoms with Gasteiger partial charge in [-0.3, -0.25) is 4.90 Å². The summed E-state index contributed by atoms with van der Waals surface area (Å²) >= 11 is 0. The predicted molar refractivity (Wildman–Crippen MR) is 152 cm³/mol. The number of nitrogens with one attached hydrogen (secondary N) is 1. The summed E-state index contributed by atoms with van der Waals surface area (Å²) in [7, 11) is 0. The minimum atomic E-state index is 0.330. The van der Waals surface area contributed by atoms with Crippen LogP contribution in [0.5, 0.6) is 0 Å². The second-order valence-corrected chi connectivity index (χ2v) is 7.28. The molecule has 0 saturated heterocycles. The normalized spacial score (nSPS) is 10.4. The minimum Gasteiger partial charge on any atom is -0.372 e. The molecule has 0 fully saturated rings. The lowest BCUT2D eigenvalue weighted by Crippen LogP contribution is -2.31. The van der Waals surface area contributed by atoms with Crippen molar-refractivity contribution in [2.75, 3.05) is 25.1 Å². The van der Waals surface area contributed by atoms with Crippen LogP contribution < -0.4 is 5.32 Å². The average Bonchev–Trinajstić information content (AvgIpc) is 2.88. The maximum Gasteiger partial charge on any atom is 0.0678 e. The molecule has 0 amide bonds. The number of nitrogens with zero attached hydrogens (tertiary/aromatic N) is 1. The Labute approximate surface area is 204 Å². The van der Waals surface area contributed by atoms with Gasteiger partial charge in [-0.1, -0.05) is 93.0 Å². The third kappa shape index (κ3) is 17.9. The van der Waals surface area contributed by atoms with E-state index in [4.69, 9.17) is 0 Å². The van der Waals surface area contributed by atoms with Crippen LogP contribution >= 0.6 is 0 Å². The van der Waals surface area contributed by atoms with Crippen molar-refractivity contribution in [2.24, 2.45) is 11.3 Å². The fourth-order valence-corrected chi connectivity index (χ4v) is 3.33. The molecule has 0 aromatic heterocycles. The number of rotatable bonds is 12. The van der Waals surface area contributed by atoms with E-state index in [-0.39, 0.29) is 0 Å². The highest BCUT2D eigenvalue weighted by atomic mass is 15.2. The first-order chi connectivity index (χ1) is 15.5. The van der Waals surface area contributed by atoms with Gasteiger partial charge in [0.05, 0.1) is 6.67 Å². The van der Waals surface area contributed by atoms with E-state index in [0.29, 0.717) is 5.41 Å². The summed E-state index contributed by atoms with van der Waals surface area (Å²) in [4.78, 5) is 2.49. The molecular weight excluding hydrogens is 388 g/mol. The molecule has 1 N–H and O–H groups in total. The van der Waals surface area contributed by atoms with Crippen LogP contribution in [0.15, 0.2) is 36.9 Å². The number of benzene rings is 1. The molecular formula is C30H58N2. The van der Waals surface area contributed by atoms with Crippen molar-refractivity contribution in [3.05, 3.63) is 42.5 Å². The van der Waals surface area contributed by atoms with Gasteiger partial charge in [-0.25, -0.2) is 0 Å². The summed E-state index contributed by atoms with van der Waals surface area (Å²) < 4.78 is 0. The molecule has 0 saturated carbocycles. The Morgan fingerprint density at radius 1 is 0.969 bits per heavy atom. The first kappa shape index (κ1) is 37.6. The summed E-state index contributed by atoms with van der Waals surface area (Å²) in [5.74, 6) is 0.733. The van der Waals surface area contributed by atoms with Gasteiger partial charge in [0.25, 0.3) is 0 Å². The van der Waals surface area contributed by atoms with E-state index in [0.717, 1.165) is 25.7 Å². The van der Waals surface area contributed by atoms with Crippen LogP contribution in [0.2, 0.25) is 0 Å². The molecule has 0 aliphatic rings. The summed E-state index contributed by atoms with van der Waals surface area (Å²) in [5.41, 5.74) is 2.84. The molecule has 0 aliphatic carbocycles. The Hall–Kier alpha value is -1.72. The van der Waals surface area contributed by atoms with Crippen LogP contribution in [0.4, 0.5) is 5.69 Å². The smallest absolute Gasteiger partial charge is 0.0678 e. The third-order valence-electron chi connectivity index (χ3n) is 5.54. The highest BCUT2D eigenvalue weighted by Gasteiger charge is 2.24. The van der Waals surface area contributed by atoms with Gasteiger partial charge < -0.3 is 5.32 Å². The van der Waals surface area contributed by atoms with Gasteiger partial charge in [-0.2, -0.15) is 0 Å². The molecule has 1 aromatic rings. The molecule has 0 aliphatic heterocycles. The molecule has 0 bridgehead atoms. The largest absolute Gasteiger partial charge is 0.372 e. The zero-order valence-electron chi connectivity index (χ0n) is 23.7. The SMILES string of the molecule is C#C.C=CC(CC)(CC)CC(C)CCN(CC)CNc1ccc(C)cc1.CC.CC.CC. The summed E-state index contributed by atoms with van der Waals surface area (Å²) in [6.07, 6.45) is 15.1. The molecule has 0 heterocycles. The van der Waals surface area contributed by atoms with E-state index in [1.165, 1.54) is 36.9 Å². The number of anilines is 1. The van der Waals surface area contributed by atoms with Crippen LogP contribution in [0.3, 0.4) is 0 Å². The molecule has 1 rings (SSSR count). The predicted octanol–water partition coefficient (Wildman–Crippen LogP) is 9.42. The van der Waals surface area contributed by atoms with Gasteiger partial charge >= 0.3 is 0 Å². The number of aryl methyl sites for hydroxylation is 1. The molecule has 2 heteroatoms. The molecule has 188 valence electrons. The first-order valence-corrected chi connectivity index (χ1v) is 13.0. The average molecular weight is 447 g/mol. The van der Waals surface area contributed by atoms with Crippen molar-refractivity contribution in [1.82, 2.24) is 4.90 Å². The Kier molecular flexibility index (Phi) is 32.1. The Bertz CT molecular complexity index is 497. The van der Waals surface area contributed by atoms with Crippen LogP contribution in [0.1, 0.15) is 100 Å². The lowest BCUT2D eigenvalue weighted by atomic mass is 9.75. The van der Waals surface area contributed by atoms with Crippen molar-refractivity contribution >= 4 is 5.69 Å². The fraction of sp³-hybridized carbons (Fsp3) is 0.667. The molecule has 2 nitrogen and oxygen atoms in total. The highest BCUT2D eigenvalue weighted by molar-refractivity contribution is 5.44. The zero-order chi connectivity index (χ0) is 26.0. The summed E-state index contributed by atoms with van der Waals surface area (Å²) in [6, 6.07) is 8.63. The number of terminal acetylenes is 1. The van der Waals surface area contributed by atoms with Gasteiger partial charge in [0, 0.05) is 12.2 Å². The van der Waals surface area contributed by atoms with E-state index < -0.39 is 0 Å². The van der Waals surface area contributed by atoms with Crippen molar-refractivity contribution in [3.63, 3.8) is 0 Å². The minimum absolute atomic E-state index is 0.330. The van der Waals surface area contributed by atoms with Gasteiger partial charge in [-0.15, -0.1) is 19.4 Å². The Balaban J connectivity index is -0.000000439. The van der Waals surface area contributed by atoms with Crippen LogP contribution in [-0.4, -0.2) is 24.7 Å². The molecule has 1 unspecified atom stereocenters. The van der Waals surface area contributed by atoms with E-state index in [2.05, 4.69) is 94.6 Å². The van der Waals surface area contributed by atoms with E-state index in [9.17, 15) is 0 Å². The summed E-state index contributed by atoms with van der Waals surface area (Å²) in [6.45, 7) is 30.6. The lowest BCUT2D eigenvalue weighted by molar-refractivity contribution is 0.230. The van der Waals surface area contributed by atoms with Gasteiger partial charge in [-0.05, 0) is 62.6 Å². The maximum atomic E-state index is 4.09. The second kappa shape index (κ2) is 27.3. The second-order valence-electron chi connectivity index (χ2n) is 7.28. The molecule has 1 atom stereocenters. The van der Waals surface area contributed by atoms with E-state index in [1.807, 2.05) is 41.5 Å².